The lowest BCUT2D eigenvalue weighted by Gasteiger charge is -2.10. The summed E-state index contributed by atoms with van der Waals surface area (Å²) in [5, 5.41) is 22.5. The molecule has 7 nitrogen and oxygen atoms in total. The first-order valence-electron chi connectivity index (χ1n) is 8.16. The smallest absolute Gasteiger partial charge is 0.340 e. The SMILES string of the molecule is Cc1c(CC(=O)NCCCOC(C)C)c(=O)oc2cc(O)cc(O)c12. The van der Waals surface area contributed by atoms with Crippen LogP contribution in [-0.2, 0) is 16.0 Å². The molecular weight excluding hydrogens is 326 g/mol. The highest BCUT2D eigenvalue weighted by molar-refractivity contribution is 5.89. The van der Waals surface area contributed by atoms with Gasteiger partial charge in [-0.25, -0.2) is 4.79 Å². The first kappa shape index (κ1) is 18.8. The summed E-state index contributed by atoms with van der Waals surface area (Å²) >= 11 is 0. The molecule has 0 aliphatic heterocycles. The van der Waals surface area contributed by atoms with Crippen LogP contribution in [0.3, 0.4) is 0 Å². The number of nitrogens with one attached hydrogen (secondary N) is 1. The summed E-state index contributed by atoms with van der Waals surface area (Å²) in [4.78, 5) is 24.2. The maximum atomic E-state index is 12.1. The summed E-state index contributed by atoms with van der Waals surface area (Å²) in [5.41, 5.74) is 0.0646. The number of amides is 1. The molecule has 0 atom stereocenters. The summed E-state index contributed by atoms with van der Waals surface area (Å²) in [6.07, 6.45) is 0.679. The molecule has 7 heteroatoms. The zero-order chi connectivity index (χ0) is 18.6. The van der Waals surface area contributed by atoms with E-state index in [1.165, 1.54) is 6.07 Å². The number of carbonyl (C=O) groups excluding carboxylic acids is 1. The summed E-state index contributed by atoms with van der Waals surface area (Å²) in [6, 6.07) is 2.41. The molecule has 136 valence electrons. The van der Waals surface area contributed by atoms with Gasteiger partial charge in [-0.15, -0.1) is 0 Å². The Bertz CT molecular complexity index is 824. The standard InChI is InChI=1S/C18H23NO6/c1-10(2)24-6-4-5-19-16(22)9-13-11(3)17-14(21)7-12(20)8-15(17)25-18(13)23/h7-8,10,20-21H,4-6,9H2,1-3H3,(H,19,22). The number of aryl methyl sites for hydroxylation is 1. The van der Waals surface area contributed by atoms with E-state index in [9.17, 15) is 19.8 Å². The van der Waals surface area contributed by atoms with E-state index in [1.807, 2.05) is 13.8 Å². The lowest BCUT2D eigenvalue weighted by Crippen LogP contribution is -2.29. The molecule has 1 aromatic carbocycles. The molecule has 0 unspecified atom stereocenters. The minimum atomic E-state index is -0.659. The Hall–Kier alpha value is -2.54. The van der Waals surface area contributed by atoms with Crippen molar-refractivity contribution < 1.29 is 24.2 Å². The molecule has 0 saturated carbocycles. The Morgan fingerprint density at radius 2 is 2.04 bits per heavy atom. The number of ether oxygens (including phenoxy) is 1. The van der Waals surface area contributed by atoms with Crippen LogP contribution >= 0.6 is 0 Å². The second-order valence-corrected chi connectivity index (χ2v) is 6.13. The number of hydrogen-bond donors (Lipinski definition) is 3. The molecule has 25 heavy (non-hydrogen) atoms. The van der Waals surface area contributed by atoms with Crippen LogP contribution in [0.4, 0.5) is 0 Å². The second kappa shape index (κ2) is 8.02. The van der Waals surface area contributed by atoms with Gasteiger partial charge in [0.15, 0.2) is 0 Å². The van der Waals surface area contributed by atoms with Crippen molar-refractivity contribution in [3.05, 3.63) is 33.7 Å². The summed E-state index contributed by atoms with van der Waals surface area (Å²) in [6.45, 7) is 6.51. The molecule has 3 N–H and O–H groups in total. The van der Waals surface area contributed by atoms with Crippen molar-refractivity contribution in [1.82, 2.24) is 5.32 Å². The molecule has 0 bridgehead atoms. The van der Waals surface area contributed by atoms with Crippen LogP contribution in [0.15, 0.2) is 21.3 Å². The van der Waals surface area contributed by atoms with E-state index in [0.717, 1.165) is 6.07 Å². The van der Waals surface area contributed by atoms with E-state index in [1.54, 1.807) is 6.92 Å². The number of fused-ring (bicyclic) bond motifs is 1. The Balaban J connectivity index is 2.10. The van der Waals surface area contributed by atoms with E-state index in [4.69, 9.17) is 9.15 Å². The van der Waals surface area contributed by atoms with Crippen molar-refractivity contribution in [2.24, 2.45) is 0 Å². The highest BCUT2D eigenvalue weighted by atomic mass is 16.5. The zero-order valence-electron chi connectivity index (χ0n) is 14.6. The monoisotopic (exact) mass is 349 g/mol. The van der Waals surface area contributed by atoms with E-state index in [0.29, 0.717) is 30.5 Å². The molecule has 0 saturated heterocycles. The van der Waals surface area contributed by atoms with Gasteiger partial charge in [-0.2, -0.15) is 0 Å². The van der Waals surface area contributed by atoms with Crippen LogP contribution < -0.4 is 10.9 Å². The summed E-state index contributed by atoms with van der Waals surface area (Å²) in [5.74, 6) is -0.719. The van der Waals surface area contributed by atoms with Gasteiger partial charge < -0.3 is 24.7 Å². The molecule has 0 aliphatic carbocycles. The molecular formula is C18H23NO6. The van der Waals surface area contributed by atoms with Crippen LogP contribution in [0.5, 0.6) is 11.5 Å². The number of carbonyl (C=O) groups is 1. The fourth-order valence-electron chi connectivity index (χ4n) is 2.56. The largest absolute Gasteiger partial charge is 0.508 e. The highest BCUT2D eigenvalue weighted by Crippen LogP contribution is 2.32. The Labute approximate surface area is 145 Å². The minimum absolute atomic E-state index is 0.0787. The zero-order valence-corrected chi connectivity index (χ0v) is 14.6. The van der Waals surface area contributed by atoms with Crippen molar-refractivity contribution in [2.45, 2.75) is 39.7 Å². The quantitative estimate of drug-likeness (QED) is 0.521. The van der Waals surface area contributed by atoms with Crippen molar-refractivity contribution in [3.63, 3.8) is 0 Å². The molecule has 1 aromatic heterocycles. The number of aromatic hydroxyl groups is 2. The van der Waals surface area contributed by atoms with Gasteiger partial charge in [0.25, 0.3) is 0 Å². The fraction of sp³-hybridized carbons (Fsp3) is 0.444. The molecule has 0 aliphatic rings. The number of hydrogen-bond acceptors (Lipinski definition) is 6. The first-order valence-corrected chi connectivity index (χ1v) is 8.16. The summed E-state index contributed by atoms with van der Waals surface area (Å²) in [7, 11) is 0. The number of rotatable bonds is 7. The summed E-state index contributed by atoms with van der Waals surface area (Å²) < 4.78 is 10.5. The average molecular weight is 349 g/mol. The van der Waals surface area contributed by atoms with Gasteiger partial charge in [0.05, 0.1) is 23.5 Å². The highest BCUT2D eigenvalue weighted by Gasteiger charge is 2.17. The lowest BCUT2D eigenvalue weighted by atomic mass is 10.0. The van der Waals surface area contributed by atoms with E-state index >= 15 is 0 Å². The van der Waals surface area contributed by atoms with E-state index < -0.39 is 5.63 Å². The molecule has 0 fully saturated rings. The molecule has 0 radical (unpaired) electrons. The van der Waals surface area contributed by atoms with Crippen LogP contribution in [0.2, 0.25) is 0 Å². The fourth-order valence-corrected chi connectivity index (χ4v) is 2.56. The predicted molar refractivity (Wildman–Crippen MR) is 93.0 cm³/mol. The first-order chi connectivity index (χ1) is 11.8. The van der Waals surface area contributed by atoms with Crippen molar-refractivity contribution >= 4 is 16.9 Å². The third-order valence-electron chi connectivity index (χ3n) is 3.77. The van der Waals surface area contributed by atoms with Gasteiger partial charge in [-0.05, 0) is 32.8 Å². The molecule has 1 amide bonds. The molecule has 2 aromatic rings. The third-order valence-corrected chi connectivity index (χ3v) is 3.77. The van der Waals surface area contributed by atoms with Crippen molar-refractivity contribution in [3.8, 4) is 11.5 Å². The maximum absolute atomic E-state index is 12.1. The van der Waals surface area contributed by atoms with Crippen LogP contribution in [-0.4, -0.2) is 35.4 Å². The van der Waals surface area contributed by atoms with Gasteiger partial charge in [0.2, 0.25) is 5.91 Å². The van der Waals surface area contributed by atoms with Crippen LogP contribution in [0.25, 0.3) is 11.0 Å². The van der Waals surface area contributed by atoms with Gasteiger partial charge in [0, 0.05) is 25.3 Å². The van der Waals surface area contributed by atoms with Gasteiger partial charge in [0.1, 0.15) is 17.1 Å². The molecule has 0 spiro atoms. The Kier molecular flexibility index (Phi) is 6.03. The van der Waals surface area contributed by atoms with Crippen LogP contribution in [0, 0.1) is 6.92 Å². The van der Waals surface area contributed by atoms with E-state index in [2.05, 4.69) is 5.32 Å². The Morgan fingerprint density at radius 3 is 2.72 bits per heavy atom. The average Bonchev–Trinajstić information content (AvgIpc) is 2.49. The normalized spacial score (nSPS) is 11.2. The molecule has 2 rings (SSSR count). The lowest BCUT2D eigenvalue weighted by molar-refractivity contribution is -0.120. The second-order valence-electron chi connectivity index (χ2n) is 6.13. The van der Waals surface area contributed by atoms with Crippen molar-refractivity contribution in [1.29, 1.82) is 0 Å². The Morgan fingerprint density at radius 1 is 1.32 bits per heavy atom. The van der Waals surface area contributed by atoms with Gasteiger partial charge in [-0.3, -0.25) is 4.79 Å². The number of phenolic OH excluding ortho intramolecular Hbond substituents is 2. The van der Waals surface area contributed by atoms with Gasteiger partial charge in [-0.1, -0.05) is 0 Å². The van der Waals surface area contributed by atoms with E-state index in [-0.39, 0.29) is 41.1 Å². The van der Waals surface area contributed by atoms with Gasteiger partial charge >= 0.3 is 5.63 Å². The maximum Gasteiger partial charge on any atom is 0.340 e. The van der Waals surface area contributed by atoms with Crippen LogP contribution in [0.1, 0.15) is 31.4 Å². The minimum Gasteiger partial charge on any atom is -0.508 e. The molecule has 1 heterocycles. The number of phenols is 2. The third kappa shape index (κ3) is 4.73. The topological polar surface area (TPSA) is 109 Å². The number of benzene rings is 1. The van der Waals surface area contributed by atoms with Crippen molar-refractivity contribution in [2.75, 3.05) is 13.2 Å². The predicted octanol–water partition coefficient (Wildman–Crippen LogP) is 1.99.